The molecule has 1 saturated heterocycles. The van der Waals surface area contributed by atoms with Crippen molar-refractivity contribution in [2.75, 3.05) is 59.4 Å². The van der Waals surface area contributed by atoms with Crippen LogP contribution in [0.1, 0.15) is 30.4 Å². The number of amides is 1. The fourth-order valence-electron chi connectivity index (χ4n) is 4.77. The van der Waals surface area contributed by atoms with Crippen molar-refractivity contribution in [2.24, 2.45) is 11.1 Å². The second-order valence-electron chi connectivity index (χ2n) is 9.82. The summed E-state index contributed by atoms with van der Waals surface area (Å²) in [5, 5.41) is 0. The molecule has 0 spiro atoms. The lowest BCUT2D eigenvalue weighted by atomic mass is 9.72. The fourth-order valence-corrected chi connectivity index (χ4v) is 5.87. The van der Waals surface area contributed by atoms with E-state index in [1.165, 1.54) is 0 Å². The van der Waals surface area contributed by atoms with Crippen molar-refractivity contribution in [2.45, 2.75) is 32.1 Å². The number of carbonyl (C=O) groups excluding carboxylic acids is 1. The Morgan fingerprint density at radius 3 is 1.95 bits per heavy atom. The molecular formula is C28H41N3O6S. The zero-order valence-corrected chi connectivity index (χ0v) is 23.3. The normalized spacial score (nSPS) is 14.8. The summed E-state index contributed by atoms with van der Waals surface area (Å²) in [4.78, 5) is 15.1. The summed E-state index contributed by atoms with van der Waals surface area (Å²) in [5.41, 5.74) is 7.22. The van der Waals surface area contributed by atoms with Crippen molar-refractivity contribution in [1.82, 2.24) is 9.62 Å². The molecule has 9 nitrogen and oxygen atoms in total. The average molecular weight is 548 g/mol. The van der Waals surface area contributed by atoms with Crippen LogP contribution in [0, 0.1) is 5.41 Å². The minimum absolute atomic E-state index is 0.0627. The maximum Gasteiger partial charge on any atom is 0.224 e. The minimum atomic E-state index is -3.37. The highest BCUT2D eigenvalue weighted by Crippen LogP contribution is 2.34. The third kappa shape index (κ3) is 9.27. The Morgan fingerprint density at radius 1 is 0.947 bits per heavy atom. The summed E-state index contributed by atoms with van der Waals surface area (Å²) >= 11 is 0. The summed E-state index contributed by atoms with van der Waals surface area (Å²) in [5.74, 6) is 1.19. The number of benzene rings is 2. The monoisotopic (exact) mass is 547 g/mol. The first-order valence-electron chi connectivity index (χ1n) is 13.1. The summed E-state index contributed by atoms with van der Waals surface area (Å²) in [6, 6.07) is 15.3. The molecular weight excluding hydrogens is 506 g/mol. The molecule has 0 atom stereocenters. The summed E-state index contributed by atoms with van der Waals surface area (Å²) < 4.78 is 43.5. The van der Waals surface area contributed by atoms with Crippen LogP contribution in [0.15, 0.2) is 48.5 Å². The van der Waals surface area contributed by atoms with Crippen LogP contribution in [0.3, 0.4) is 0 Å². The van der Waals surface area contributed by atoms with Gasteiger partial charge in [0.05, 0.1) is 38.6 Å². The molecule has 2 aromatic carbocycles. The largest absolute Gasteiger partial charge is 0.497 e. The number of ether oxygens (including phenoxy) is 3. The van der Waals surface area contributed by atoms with Crippen molar-refractivity contribution in [3.05, 3.63) is 59.7 Å². The first kappa shape index (κ1) is 29.9. The second kappa shape index (κ2) is 14.5. The van der Waals surface area contributed by atoms with Crippen LogP contribution in [0.4, 0.5) is 0 Å². The van der Waals surface area contributed by atoms with E-state index in [-0.39, 0.29) is 11.7 Å². The SMILES string of the molecule is COc1ccc(CC(CCCCNS(=O)(=O)CCN2CCOCC2)(Cc2ccc(OC)cc2)C(N)=O)cc1. The molecule has 0 unspecified atom stereocenters. The van der Waals surface area contributed by atoms with E-state index < -0.39 is 15.4 Å². The molecule has 3 rings (SSSR count). The number of morpholine rings is 1. The Labute approximate surface area is 226 Å². The molecule has 1 aliphatic rings. The minimum Gasteiger partial charge on any atom is -0.497 e. The number of nitrogens with zero attached hydrogens (tertiary/aromatic N) is 1. The van der Waals surface area contributed by atoms with Crippen molar-refractivity contribution in [3.63, 3.8) is 0 Å². The van der Waals surface area contributed by atoms with Crippen molar-refractivity contribution in [1.29, 1.82) is 0 Å². The van der Waals surface area contributed by atoms with Gasteiger partial charge in [-0.25, -0.2) is 13.1 Å². The van der Waals surface area contributed by atoms with Gasteiger partial charge < -0.3 is 19.9 Å². The number of nitrogens with two attached hydrogens (primary N) is 1. The second-order valence-corrected chi connectivity index (χ2v) is 11.7. The predicted molar refractivity (Wildman–Crippen MR) is 148 cm³/mol. The average Bonchev–Trinajstić information content (AvgIpc) is 2.93. The quantitative estimate of drug-likeness (QED) is 0.310. The molecule has 0 aliphatic carbocycles. The molecule has 0 bridgehead atoms. The van der Waals surface area contributed by atoms with Gasteiger partial charge in [0.15, 0.2) is 0 Å². The Morgan fingerprint density at radius 2 is 1.47 bits per heavy atom. The van der Waals surface area contributed by atoms with Crippen molar-refractivity contribution in [3.8, 4) is 11.5 Å². The lowest BCUT2D eigenvalue weighted by molar-refractivity contribution is -0.128. The van der Waals surface area contributed by atoms with Gasteiger partial charge in [-0.2, -0.15) is 0 Å². The molecule has 3 N–H and O–H groups in total. The van der Waals surface area contributed by atoms with E-state index in [0.29, 0.717) is 58.4 Å². The van der Waals surface area contributed by atoms with Crippen LogP contribution >= 0.6 is 0 Å². The maximum absolute atomic E-state index is 13.0. The number of methoxy groups -OCH3 is 2. The van der Waals surface area contributed by atoms with Crippen LogP contribution in [0.5, 0.6) is 11.5 Å². The Balaban J connectivity index is 1.62. The van der Waals surface area contributed by atoms with E-state index in [2.05, 4.69) is 9.62 Å². The number of hydrogen-bond donors (Lipinski definition) is 2. The number of primary amides is 1. The van der Waals surface area contributed by atoms with E-state index in [4.69, 9.17) is 19.9 Å². The molecule has 1 aliphatic heterocycles. The Hall–Kier alpha value is -2.66. The highest BCUT2D eigenvalue weighted by molar-refractivity contribution is 7.89. The van der Waals surface area contributed by atoms with Crippen LogP contribution in [-0.4, -0.2) is 78.6 Å². The summed E-state index contributed by atoms with van der Waals surface area (Å²) in [7, 11) is -0.143. The molecule has 1 heterocycles. The number of rotatable bonds is 16. The van der Waals surface area contributed by atoms with Gasteiger partial charge in [-0.1, -0.05) is 30.7 Å². The molecule has 10 heteroatoms. The van der Waals surface area contributed by atoms with Gasteiger partial charge in [0.1, 0.15) is 11.5 Å². The van der Waals surface area contributed by atoms with E-state index in [0.717, 1.165) is 35.7 Å². The first-order chi connectivity index (χ1) is 18.2. The number of sulfonamides is 1. The van der Waals surface area contributed by atoms with E-state index >= 15 is 0 Å². The van der Waals surface area contributed by atoms with E-state index in [9.17, 15) is 13.2 Å². The molecule has 0 radical (unpaired) electrons. The van der Waals surface area contributed by atoms with Gasteiger partial charge in [0.2, 0.25) is 15.9 Å². The standard InChI is InChI=1S/C28H41N3O6S/c1-35-25-9-5-23(6-10-25)21-28(27(29)32,22-24-7-11-26(36-2)12-8-24)13-3-4-14-30-38(33,34)20-17-31-15-18-37-19-16-31/h5-12,30H,3-4,13-22H2,1-2H3,(H2,29,32). The highest BCUT2D eigenvalue weighted by Gasteiger charge is 2.36. The zero-order chi connectivity index (χ0) is 27.4. The number of nitrogens with one attached hydrogen (secondary N) is 1. The Kier molecular flexibility index (Phi) is 11.4. The van der Waals surface area contributed by atoms with Crippen molar-refractivity contribution >= 4 is 15.9 Å². The van der Waals surface area contributed by atoms with Gasteiger partial charge in [0, 0.05) is 26.2 Å². The fraction of sp³-hybridized carbons (Fsp3) is 0.536. The van der Waals surface area contributed by atoms with Crippen LogP contribution in [0.2, 0.25) is 0 Å². The van der Waals surface area contributed by atoms with Crippen LogP contribution in [0.25, 0.3) is 0 Å². The van der Waals surface area contributed by atoms with E-state index in [1.807, 2.05) is 48.5 Å². The van der Waals surface area contributed by atoms with E-state index in [1.54, 1.807) is 14.2 Å². The third-order valence-electron chi connectivity index (χ3n) is 7.11. The molecule has 1 amide bonds. The summed E-state index contributed by atoms with van der Waals surface area (Å²) in [6.07, 6.45) is 2.75. The van der Waals surface area contributed by atoms with Crippen molar-refractivity contribution < 1.29 is 27.4 Å². The zero-order valence-electron chi connectivity index (χ0n) is 22.5. The molecule has 1 fully saturated rings. The smallest absolute Gasteiger partial charge is 0.224 e. The lowest BCUT2D eigenvalue weighted by Gasteiger charge is -2.31. The Bertz CT molecular complexity index is 1050. The van der Waals surface area contributed by atoms with Gasteiger partial charge >= 0.3 is 0 Å². The number of unbranched alkanes of at least 4 members (excludes halogenated alkanes) is 1. The number of hydrogen-bond acceptors (Lipinski definition) is 7. The molecule has 38 heavy (non-hydrogen) atoms. The lowest BCUT2D eigenvalue weighted by Crippen LogP contribution is -2.41. The van der Waals surface area contributed by atoms with Gasteiger partial charge in [-0.3, -0.25) is 9.69 Å². The number of carbonyl (C=O) groups is 1. The molecule has 0 aromatic heterocycles. The topological polar surface area (TPSA) is 120 Å². The van der Waals surface area contributed by atoms with Gasteiger partial charge in [0.25, 0.3) is 0 Å². The van der Waals surface area contributed by atoms with Gasteiger partial charge in [-0.05, 0) is 61.1 Å². The van der Waals surface area contributed by atoms with Crippen LogP contribution < -0.4 is 19.9 Å². The van der Waals surface area contributed by atoms with Gasteiger partial charge in [-0.15, -0.1) is 0 Å². The maximum atomic E-state index is 13.0. The molecule has 2 aromatic rings. The predicted octanol–water partition coefficient (Wildman–Crippen LogP) is 2.38. The first-order valence-corrected chi connectivity index (χ1v) is 14.7. The highest BCUT2D eigenvalue weighted by atomic mass is 32.2. The molecule has 210 valence electrons. The van der Waals surface area contributed by atoms with Crippen LogP contribution in [-0.2, 0) is 32.4 Å². The molecule has 0 saturated carbocycles. The summed E-state index contributed by atoms with van der Waals surface area (Å²) in [6.45, 7) is 3.61. The third-order valence-corrected chi connectivity index (χ3v) is 8.47.